The second kappa shape index (κ2) is 4.51. The van der Waals surface area contributed by atoms with Crippen molar-refractivity contribution in [3.05, 3.63) is 0 Å². The molecule has 9 nitrogen and oxygen atoms in total. The lowest BCUT2D eigenvalue weighted by Crippen LogP contribution is -2.58. The highest BCUT2D eigenvalue weighted by Crippen LogP contribution is 2.13. The highest BCUT2D eigenvalue weighted by molar-refractivity contribution is 5.77. The maximum atomic E-state index is 10.2. The Hall–Kier alpha value is -1.26. The van der Waals surface area contributed by atoms with E-state index < -0.39 is 36.0 Å². The van der Waals surface area contributed by atoms with E-state index >= 15 is 0 Å². The molecule has 0 unspecified atom stereocenters. The van der Waals surface area contributed by atoms with Crippen LogP contribution in [0.25, 0.3) is 0 Å². The lowest BCUT2D eigenvalue weighted by Gasteiger charge is -2.27. The summed E-state index contributed by atoms with van der Waals surface area (Å²) in [6, 6.07) is 0. The van der Waals surface area contributed by atoms with Crippen LogP contribution in [0.1, 0.15) is 0 Å². The first-order chi connectivity index (χ1) is 6.62. The van der Waals surface area contributed by atoms with E-state index in [0.29, 0.717) is 0 Å². The lowest BCUT2D eigenvalue weighted by atomic mass is 10.0. The van der Waals surface area contributed by atoms with Crippen molar-refractivity contribution in [1.82, 2.24) is 0 Å². The summed E-state index contributed by atoms with van der Waals surface area (Å²) in [5, 5.41) is 60.2. The highest BCUT2D eigenvalue weighted by Gasteiger charge is 2.48. The fourth-order valence-electron chi connectivity index (χ4n) is 0.683. The van der Waals surface area contributed by atoms with Crippen LogP contribution in [0.3, 0.4) is 0 Å². The number of hydrogen-bond acceptors (Lipinski definition) is 7. The second-order valence-corrected chi connectivity index (χ2v) is 2.75. The number of aliphatic hydroxyl groups is 5. The Balaban J connectivity index is 4.78. The first kappa shape index (κ1) is 13.7. The number of carboxylic acid groups (broad SMARTS) is 2. The minimum atomic E-state index is -3.75. The van der Waals surface area contributed by atoms with E-state index in [2.05, 4.69) is 0 Å². The molecule has 0 bridgehead atoms. The van der Waals surface area contributed by atoms with Crippen molar-refractivity contribution in [2.45, 2.75) is 24.1 Å². The summed E-state index contributed by atoms with van der Waals surface area (Å²) in [6.45, 7) is 0. The fourth-order valence-corrected chi connectivity index (χ4v) is 0.683. The van der Waals surface area contributed by atoms with Gasteiger partial charge in [0.15, 0.2) is 6.10 Å². The summed E-state index contributed by atoms with van der Waals surface area (Å²) in [5.41, 5.74) is 0. The third-order valence-corrected chi connectivity index (χ3v) is 1.63. The Labute approximate surface area is 82.4 Å². The molecule has 7 N–H and O–H groups in total. The molecule has 0 rings (SSSR count). The minimum Gasteiger partial charge on any atom is -0.479 e. The van der Waals surface area contributed by atoms with Gasteiger partial charge in [-0.3, -0.25) is 0 Å². The Morgan fingerprint density at radius 1 is 1.00 bits per heavy atom. The van der Waals surface area contributed by atoms with Crippen LogP contribution in [-0.4, -0.2) is 71.8 Å². The van der Waals surface area contributed by atoms with Crippen molar-refractivity contribution < 1.29 is 45.3 Å². The van der Waals surface area contributed by atoms with Crippen molar-refractivity contribution >= 4 is 11.9 Å². The first-order valence-electron chi connectivity index (χ1n) is 3.57. The molecule has 0 radical (unpaired) electrons. The van der Waals surface area contributed by atoms with E-state index in [0.717, 1.165) is 0 Å². The molecule has 0 aromatic carbocycles. The Morgan fingerprint density at radius 2 is 1.40 bits per heavy atom. The highest BCUT2D eigenvalue weighted by atomic mass is 16.6. The molecule has 9 heteroatoms. The number of aliphatic hydroxyl groups excluding tert-OH is 3. The summed E-state index contributed by atoms with van der Waals surface area (Å²) in [4.78, 5) is 20.3. The molecule has 0 saturated carbocycles. The molecule has 0 amide bonds. The number of carbonyl (C=O) groups is 2. The molecule has 0 heterocycles. The quantitative estimate of drug-likeness (QED) is 0.230. The SMILES string of the molecule is O=C(O)[C@@H](O)[C@@H](O)[C@H](O)C(O)(O)C(=O)O. The van der Waals surface area contributed by atoms with Gasteiger partial charge in [-0.1, -0.05) is 0 Å². The second-order valence-electron chi connectivity index (χ2n) is 2.75. The van der Waals surface area contributed by atoms with Crippen LogP contribution in [-0.2, 0) is 9.59 Å². The van der Waals surface area contributed by atoms with Gasteiger partial charge in [0.25, 0.3) is 5.79 Å². The van der Waals surface area contributed by atoms with Crippen LogP contribution in [0.15, 0.2) is 0 Å². The molecular weight excluding hydrogens is 216 g/mol. The molecule has 0 aromatic heterocycles. The van der Waals surface area contributed by atoms with Crippen molar-refractivity contribution in [2.75, 3.05) is 0 Å². The summed E-state index contributed by atoms with van der Waals surface area (Å²) < 4.78 is 0. The molecule has 0 aliphatic rings. The van der Waals surface area contributed by atoms with Gasteiger partial charge in [-0.15, -0.1) is 0 Å². The number of carboxylic acids is 2. The molecule has 0 aromatic rings. The van der Waals surface area contributed by atoms with Gasteiger partial charge in [-0.2, -0.15) is 0 Å². The van der Waals surface area contributed by atoms with Gasteiger partial charge in [0, 0.05) is 0 Å². The normalized spacial score (nSPS) is 17.9. The average molecular weight is 226 g/mol. The Bertz CT molecular complexity index is 259. The molecular formula is C6H10O9. The fraction of sp³-hybridized carbons (Fsp3) is 0.667. The van der Waals surface area contributed by atoms with E-state index in [1.165, 1.54) is 0 Å². The van der Waals surface area contributed by atoms with Gasteiger partial charge < -0.3 is 35.7 Å². The largest absolute Gasteiger partial charge is 0.479 e. The molecule has 0 fully saturated rings. The standard InChI is InChI=1S/C6H10O9/c7-1(2(8)4(10)11)3(9)6(14,15)5(12)13/h1-3,7-9,14-15H,(H,10,11)(H,12,13)/t1-,2+,3+/m1/s1. The zero-order valence-electron chi connectivity index (χ0n) is 7.18. The first-order valence-corrected chi connectivity index (χ1v) is 3.57. The maximum absolute atomic E-state index is 10.2. The molecule has 0 spiro atoms. The smallest absolute Gasteiger partial charge is 0.367 e. The van der Waals surface area contributed by atoms with Crippen LogP contribution in [0, 0.1) is 0 Å². The van der Waals surface area contributed by atoms with Gasteiger partial charge in [0.2, 0.25) is 0 Å². The van der Waals surface area contributed by atoms with Crippen molar-refractivity contribution in [1.29, 1.82) is 0 Å². The lowest BCUT2D eigenvalue weighted by molar-refractivity contribution is -0.258. The number of aliphatic carboxylic acids is 2. The van der Waals surface area contributed by atoms with E-state index in [1.807, 2.05) is 0 Å². The van der Waals surface area contributed by atoms with Gasteiger partial charge in [0.1, 0.15) is 12.2 Å². The Morgan fingerprint density at radius 3 is 1.67 bits per heavy atom. The van der Waals surface area contributed by atoms with E-state index in [-0.39, 0.29) is 0 Å². The minimum absolute atomic E-state index is 1.96. The molecule has 0 aliphatic carbocycles. The summed E-state index contributed by atoms with van der Waals surface area (Å²) in [6.07, 6.45) is -7.88. The molecule has 3 atom stereocenters. The van der Waals surface area contributed by atoms with Crippen LogP contribution < -0.4 is 0 Å². The third kappa shape index (κ3) is 2.84. The van der Waals surface area contributed by atoms with Crippen molar-refractivity contribution in [3.8, 4) is 0 Å². The molecule has 0 aliphatic heterocycles. The van der Waals surface area contributed by atoms with Crippen molar-refractivity contribution in [2.24, 2.45) is 0 Å². The van der Waals surface area contributed by atoms with Crippen LogP contribution in [0.2, 0.25) is 0 Å². The van der Waals surface area contributed by atoms with Crippen LogP contribution in [0.5, 0.6) is 0 Å². The third-order valence-electron chi connectivity index (χ3n) is 1.63. The zero-order valence-corrected chi connectivity index (χ0v) is 7.18. The molecule has 0 saturated heterocycles. The average Bonchev–Trinajstić information content (AvgIpc) is 2.13. The number of hydrogen-bond donors (Lipinski definition) is 7. The van der Waals surface area contributed by atoms with Gasteiger partial charge >= 0.3 is 11.9 Å². The van der Waals surface area contributed by atoms with Crippen molar-refractivity contribution in [3.63, 3.8) is 0 Å². The number of rotatable bonds is 5. The summed E-state index contributed by atoms with van der Waals surface area (Å²) in [5.74, 6) is -8.01. The van der Waals surface area contributed by atoms with Crippen LogP contribution >= 0.6 is 0 Å². The topological polar surface area (TPSA) is 176 Å². The Kier molecular flexibility index (Phi) is 4.13. The monoisotopic (exact) mass is 226 g/mol. The van der Waals surface area contributed by atoms with Crippen LogP contribution in [0.4, 0.5) is 0 Å². The van der Waals surface area contributed by atoms with E-state index in [1.54, 1.807) is 0 Å². The maximum Gasteiger partial charge on any atom is 0.367 e. The van der Waals surface area contributed by atoms with E-state index in [4.69, 9.17) is 35.7 Å². The van der Waals surface area contributed by atoms with E-state index in [9.17, 15) is 9.59 Å². The molecule has 88 valence electrons. The van der Waals surface area contributed by atoms with Gasteiger partial charge in [-0.25, -0.2) is 9.59 Å². The summed E-state index contributed by atoms with van der Waals surface area (Å²) >= 11 is 0. The predicted octanol–water partition coefficient (Wildman–Crippen LogP) is -4.08. The van der Waals surface area contributed by atoms with Gasteiger partial charge in [0.05, 0.1) is 0 Å². The molecule has 15 heavy (non-hydrogen) atoms. The zero-order chi connectivity index (χ0) is 12.4. The summed E-state index contributed by atoms with van der Waals surface area (Å²) in [7, 11) is 0. The van der Waals surface area contributed by atoms with Gasteiger partial charge in [-0.05, 0) is 0 Å². The predicted molar refractivity (Wildman–Crippen MR) is 40.5 cm³/mol.